The second kappa shape index (κ2) is 17.1. The first-order chi connectivity index (χ1) is 26.7. The van der Waals surface area contributed by atoms with Crippen LogP contribution in [0.4, 0.5) is 0 Å². The van der Waals surface area contributed by atoms with Gasteiger partial charge in [0.05, 0.1) is 12.9 Å². The summed E-state index contributed by atoms with van der Waals surface area (Å²) >= 11 is 0. The van der Waals surface area contributed by atoms with Crippen LogP contribution in [0, 0.1) is 0 Å². The molecule has 0 radical (unpaired) electrons. The minimum Gasteiger partial charge on any atom is -0.513 e. The Labute approximate surface area is 307 Å². The van der Waals surface area contributed by atoms with Crippen molar-refractivity contribution in [3.8, 4) is 11.5 Å². The molecule has 6 heteroatoms. The van der Waals surface area contributed by atoms with Crippen LogP contribution in [-0.2, 0) is 26.1 Å². The number of rotatable bonds is 10. The second-order valence-electron chi connectivity index (χ2n) is 12.5. The van der Waals surface area contributed by atoms with Gasteiger partial charge in [0.25, 0.3) is 0 Å². The zero-order chi connectivity index (χ0) is 41.9. The Balaban J connectivity index is 0.000000219. The third kappa shape index (κ3) is 9.56. The lowest BCUT2D eigenvalue weighted by atomic mass is 9.92. The fourth-order valence-corrected chi connectivity index (χ4v) is 5.79. The van der Waals surface area contributed by atoms with Crippen LogP contribution >= 0.6 is 0 Å². The maximum Gasteiger partial charge on any atom is 0.127 e. The highest BCUT2D eigenvalue weighted by Crippen LogP contribution is 2.39. The van der Waals surface area contributed by atoms with E-state index >= 15 is 0 Å². The molecule has 2 heterocycles. The molecule has 6 nitrogen and oxygen atoms in total. The van der Waals surface area contributed by atoms with E-state index in [2.05, 4.69) is 13.2 Å². The number of nitrogens with zero attached hydrogens (tertiary/aromatic N) is 2. The Bertz CT molecular complexity index is 2210. The summed E-state index contributed by atoms with van der Waals surface area (Å²) in [5.41, 5.74) is 7.81. The minimum absolute atomic E-state index is 0.0132. The number of aliphatic hydroxyl groups excluding tert-OH is 2. The van der Waals surface area contributed by atoms with Crippen LogP contribution in [0.1, 0.15) is 66.9 Å². The Morgan fingerprint density at radius 2 is 1.18 bits per heavy atom. The van der Waals surface area contributed by atoms with Gasteiger partial charge < -0.3 is 29.5 Å². The van der Waals surface area contributed by atoms with Crippen LogP contribution in [0.3, 0.4) is 0 Å². The van der Waals surface area contributed by atoms with Crippen molar-refractivity contribution in [2.75, 3.05) is 41.2 Å². The summed E-state index contributed by atoms with van der Waals surface area (Å²) in [6.45, 7) is 3.94. The molecule has 0 saturated carbocycles. The lowest BCUT2D eigenvalue weighted by molar-refractivity contribution is 0.307. The number of ether oxygens (including phenoxy) is 2. The maximum atomic E-state index is 9.61. The van der Waals surface area contributed by atoms with Crippen molar-refractivity contribution in [2.45, 2.75) is 38.8 Å². The number of allylic oxidation sites excluding steroid dienone is 2. The Morgan fingerprint density at radius 3 is 1.68 bits per heavy atom. The molecule has 260 valence electrons. The molecular formula is C44H50N2O4. The third-order valence-electron chi connectivity index (χ3n) is 8.01. The summed E-state index contributed by atoms with van der Waals surface area (Å²) in [6, 6.07) is 25.9. The highest BCUT2D eigenvalue weighted by atomic mass is 16.5. The van der Waals surface area contributed by atoms with E-state index in [0.29, 0.717) is 29.9 Å². The van der Waals surface area contributed by atoms with Crippen LogP contribution < -0.4 is 9.47 Å². The van der Waals surface area contributed by atoms with E-state index in [9.17, 15) is 10.2 Å². The third-order valence-corrected chi connectivity index (χ3v) is 8.01. The molecule has 0 fully saturated rings. The zero-order valence-corrected chi connectivity index (χ0v) is 29.2. The molecule has 4 aromatic carbocycles. The van der Waals surface area contributed by atoms with E-state index in [-0.39, 0.29) is 36.5 Å². The van der Waals surface area contributed by atoms with Crippen molar-refractivity contribution in [1.29, 1.82) is 0 Å². The lowest BCUT2D eigenvalue weighted by Gasteiger charge is -2.13. The van der Waals surface area contributed by atoms with Gasteiger partial charge in [0.2, 0.25) is 0 Å². The molecule has 2 aliphatic rings. The smallest absolute Gasteiger partial charge is 0.127 e. The minimum atomic E-state index is -2.61. The van der Waals surface area contributed by atoms with Gasteiger partial charge in [-0.05, 0) is 110 Å². The normalized spacial score (nSPS) is 17.7. The lowest BCUT2D eigenvalue weighted by Crippen LogP contribution is -2.12. The molecule has 50 heavy (non-hydrogen) atoms. The summed E-state index contributed by atoms with van der Waals surface area (Å²) < 4.78 is 70.8. The first kappa shape index (κ1) is 27.7. The molecule has 6 rings (SSSR count). The van der Waals surface area contributed by atoms with Gasteiger partial charge in [-0.3, -0.25) is 0 Å². The fourth-order valence-electron chi connectivity index (χ4n) is 5.79. The molecule has 2 aliphatic heterocycles. The standard InChI is InChI=1S/2C22H25NO2/c2*1-16(24)13-17-10-11-22-21(14-17)20(9-6-12-23(2)3)19-8-5-4-7-18(19)15-25-22/h2*4-5,7-11,14,24H,1,6,12-13,15H2,2-3H3/b2*20-9-/i6D2,9D,12D2;12D2. The molecule has 0 bridgehead atoms. The second-order valence-corrected chi connectivity index (χ2v) is 12.5. The predicted molar refractivity (Wildman–Crippen MR) is 206 cm³/mol. The van der Waals surface area contributed by atoms with Gasteiger partial charge in [0.1, 0.15) is 24.7 Å². The summed E-state index contributed by atoms with van der Waals surface area (Å²) in [5.74, 6) is 1.33. The highest BCUT2D eigenvalue weighted by molar-refractivity contribution is 5.86. The summed E-state index contributed by atoms with van der Waals surface area (Å²) in [5, 5.41) is 19.2. The van der Waals surface area contributed by atoms with Crippen LogP contribution in [0.25, 0.3) is 11.1 Å². The van der Waals surface area contributed by atoms with Crippen molar-refractivity contribution in [3.05, 3.63) is 166 Å². The average Bonchev–Trinajstić information content (AvgIpc) is 3.40. The molecule has 0 aromatic heterocycles. The van der Waals surface area contributed by atoms with Gasteiger partial charge in [0, 0.05) is 45.2 Å². The number of aliphatic hydroxyl groups is 2. The van der Waals surface area contributed by atoms with Crippen molar-refractivity contribution >= 4 is 11.1 Å². The van der Waals surface area contributed by atoms with Crippen molar-refractivity contribution < 1.29 is 29.3 Å². The molecule has 0 saturated heterocycles. The van der Waals surface area contributed by atoms with Crippen molar-refractivity contribution in [1.82, 2.24) is 9.80 Å². The summed E-state index contributed by atoms with van der Waals surface area (Å²) in [7, 11) is 6.36. The first-order valence-corrected chi connectivity index (χ1v) is 16.4. The van der Waals surface area contributed by atoms with Gasteiger partial charge in [-0.2, -0.15) is 0 Å². The van der Waals surface area contributed by atoms with Gasteiger partial charge in [0.15, 0.2) is 0 Å². The largest absolute Gasteiger partial charge is 0.513 e. The fraction of sp³-hybridized carbons (Fsp3) is 0.273. The first-order valence-electron chi connectivity index (χ1n) is 19.9. The average molecular weight is 678 g/mol. The van der Waals surface area contributed by atoms with Gasteiger partial charge >= 0.3 is 0 Å². The summed E-state index contributed by atoms with van der Waals surface area (Å²) in [6.07, 6.45) is 0.169. The number of hydrogen-bond donors (Lipinski definition) is 2. The SMILES string of the molecule is [2H]/C(=C1\c2ccccc2COc2ccc(CC(=C)O)cc21)C([2H])([2H])C([2H])([2H])N(C)C.[2H]C([2H])(C/C=C1/c2ccccc2COc2ccc(CC(=C)O)cc21)N(C)C. The van der Waals surface area contributed by atoms with Crippen molar-refractivity contribution in [2.24, 2.45) is 0 Å². The van der Waals surface area contributed by atoms with Crippen LogP contribution in [0.5, 0.6) is 11.5 Å². The van der Waals surface area contributed by atoms with E-state index in [1.165, 1.54) is 14.1 Å². The quantitative estimate of drug-likeness (QED) is 0.163. The number of hydrogen-bond acceptors (Lipinski definition) is 6. The topological polar surface area (TPSA) is 65.4 Å². The van der Waals surface area contributed by atoms with Crippen LogP contribution in [0.15, 0.2) is 122 Å². The van der Waals surface area contributed by atoms with E-state index in [1.54, 1.807) is 49.3 Å². The molecule has 2 N–H and O–H groups in total. The number of fused-ring (bicyclic) bond motifs is 4. The molecule has 0 atom stereocenters. The van der Waals surface area contributed by atoms with Crippen LogP contribution in [-0.4, -0.2) is 61.2 Å². The molecular weight excluding hydrogens is 620 g/mol. The van der Waals surface area contributed by atoms with Gasteiger partial charge in [-0.15, -0.1) is 0 Å². The monoisotopic (exact) mass is 677 g/mol. The molecule has 0 unspecified atom stereocenters. The van der Waals surface area contributed by atoms with Gasteiger partial charge in [-0.1, -0.05) is 85.9 Å². The Kier molecular flexibility index (Phi) is 9.47. The molecule has 4 aromatic rings. The number of benzene rings is 4. The molecule has 0 amide bonds. The van der Waals surface area contributed by atoms with E-state index < -0.39 is 25.4 Å². The Hall–Kier alpha value is -5.04. The highest BCUT2D eigenvalue weighted by Gasteiger charge is 2.21. The predicted octanol–water partition coefficient (Wildman–Crippen LogP) is 9.15. The van der Waals surface area contributed by atoms with E-state index in [4.69, 9.17) is 19.1 Å². The molecule has 0 spiro atoms. The van der Waals surface area contributed by atoms with Crippen LogP contribution in [0.2, 0.25) is 0 Å². The maximum absolute atomic E-state index is 9.61. The van der Waals surface area contributed by atoms with E-state index in [0.717, 1.165) is 49.6 Å². The van der Waals surface area contributed by atoms with Gasteiger partial charge in [-0.25, -0.2) is 0 Å². The van der Waals surface area contributed by atoms with E-state index in [1.807, 2.05) is 60.7 Å². The zero-order valence-electron chi connectivity index (χ0n) is 36.2. The van der Waals surface area contributed by atoms with Crippen molar-refractivity contribution in [3.63, 3.8) is 0 Å². The molecule has 0 aliphatic carbocycles. The Morgan fingerprint density at radius 1 is 0.700 bits per heavy atom. The summed E-state index contributed by atoms with van der Waals surface area (Å²) in [4.78, 5) is 2.71.